The van der Waals surface area contributed by atoms with Gasteiger partial charge in [0.05, 0.1) is 11.8 Å². The van der Waals surface area contributed by atoms with E-state index in [1.54, 1.807) is 16.3 Å². The number of carbonyl (C=O) groups is 2. The van der Waals surface area contributed by atoms with E-state index < -0.39 is 5.97 Å². The maximum absolute atomic E-state index is 12.6. The van der Waals surface area contributed by atoms with Crippen LogP contribution in [0.4, 0.5) is 0 Å². The highest BCUT2D eigenvalue weighted by molar-refractivity contribution is 7.10. The van der Waals surface area contributed by atoms with Crippen LogP contribution in [0.25, 0.3) is 0 Å². The molecule has 0 aliphatic carbocycles. The van der Waals surface area contributed by atoms with Gasteiger partial charge in [-0.15, -0.1) is 11.3 Å². The largest absolute Gasteiger partial charge is 0.481 e. The maximum Gasteiger partial charge on any atom is 0.303 e. The van der Waals surface area contributed by atoms with E-state index in [0.717, 1.165) is 16.2 Å². The Morgan fingerprint density at radius 1 is 1.24 bits per heavy atom. The van der Waals surface area contributed by atoms with Gasteiger partial charge in [0, 0.05) is 24.1 Å². The van der Waals surface area contributed by atoms with Crippen molar-refractivity contribution < 1.29 is 14.7 Å². The molecule has 130 valence electrons. The molecule has 1 aliphatic rings. The summed E-state index contributed by atoms with van der Waals surface area (Å²) in [6.07, 6.45) is 1.20. The van der Waals surface area contributed by atoms with Crippen molar-refractivity contribution in [2.45, 2.75) is 38.6 Å². The lowest BCUT2D eigenvalue weighted by molar-refractivity contribution is -0.137. The number of hydrogen-bond donors (Lipinski definition) is 1. The monoisotopic (exact) mass is 356 g/mol. The first-order chi connectivity index (χ1) is 12.0. The minimum atomic E-state index is -0.882. The van der Waals surface area contributed by atoms with Gasteiger partial charge in [-0.3, -0.25) is 9.59 Å². The van der Waals surface area contributed by atoms with Crippen LogP contribution in [0.15, 0.2) is 46.9 Å². The molecule has 0 fully saturated rings. The maximum atomic E-state index is 12.6. The number of thiophene rings is 1. The van der Waals surface area contributed by atoms with Crippen molar-refractivity contribution in [3.05, 3.63) is 57.8 Å². The Morgan fingerprint density at radius 2 is 2.00 bits per heavy atom. The number of carbonyl (C=O) groups excluding carboxylic acids is 1. The summed E-state index contributed by atoms with van der Waals surface area (Å²) in [5.41, 5.74) is 3.09. The van der Waals surface area contributed by atoms with Gasteiger partial charge in [-0.25, -0.2) is 5.01 Å². The number of amides is 1. The molecule has 1 aromatic heterocycles. The number of aryl methyl sites for hydroxylation is 1. The lowest BCUT2D eigenvalue weighted by atomic mass is 10.0. The number of hydrazone groups is 1. The summed E-state index contributed by atoms with van der Waals surface area (Å²) >= 11 is 1.61. The average molecular weight is 356 g/mol. The van der Waals surface area contributed by atoms with E-state index in [1.165, 1.54) is 5.56 Å². The molecule has 1 atom stereocenters. The van der Waals surface area contributed by atoms with Crippen molar-refractivity contribution in [1.82, 2.24) is 5.01 Å². The minimum Gasteiger partial charge on any atom is -0.481 e. The normalized spacial score (nSPS) is 16.8. The Balaban J connectivity index is 1.80. The highest BCUT2D eigenvalue weighted by atomic mass is 32.1. The number of hydrogen-bond acceptors (Lipinski definition) is 4. The fourth-order valence-corrected chi connectivity index (χ4v) is 3.68. The molecule has 5 nitrogen and oxygen atoms in total. The fourth-order valence-electron chi connectivity index (χ4n) is 2.87. The summed E-state index contributed by atoms with van der Waals surface area (Å²) in [4.78, 5) is 24.4. The summed E-state index contributed by atoms with van der Waals surface area (Å²) in [6.45, 7) is 2.03. The summed E-state index contributed by atoms with van der Waals surface area (Å²) < 4.78 is 0. The SMILES string of the molecule is Cc1ccc(C2=NN(C(=O)CCCC(=O)O)[C@H](c3cccs3)C2)cc1. The second kappa shape index (κ2) is 7.61. The van der Waals surface area contributed by atoms with Crippen LogP contribution in [-0.2, 0) is 9.59 Å². The second-order valence-corrected chi connectivity index (χ2v) is 7.11. The van der Waals surface area contributed by atoms with Crippen molar-refractivity contribution in [3.8, 4) is 0 Å². The molecule has 1 amide bonds. The Labute approximate surface area is 150 Å². The van der Waals surface area contributed by atoms with Gasteiger partial charge in [0.2, 0.25) is 5.91 Å². The average Bonchev–Trinajstić information content (AvgIpc) is 3.24. The zero-order valence-electron chi connectivity index (χ0n) is 14.0. The van der Waals surface area contributed by atoms with Crippen LogP contribution in [-0.4, -0.2) is 27.7 Å². The second-order valence-electron chi connectivity index (χ2n) is 6.13. The van der Waals surface area contributed by atoms with Gasteiger partial charge in [-0.1, -0.05) is 35.9 Å². The molecule has 2 aromatic rings. The Bertz CT molecular complexity index is 782. The molecule has 2 heterocycles. The van der Waals surface area contributed by atoms with Crippen molar-refractivity contribution in [2.24, 2.45) is 5.10 Å². The summed E-state index contributed by atoms with van der Waals surface area (Å²) in [5.74, 6) is -1.00. The highest BCUT2D eigenvalue weighted by Gasteiger charge is 2.33. The van der Waals surface area contributed by atoms with Crippen LogP contribution in [0.3, 0.4) is 0 Å². The Hall–Kier alpha value is -2.47. The summed E-state index contributed by atoms with van der Waals surface area (Å²) in [6, 6.07) is 12.0. The van der Waals surface area contributed by atoms with E-state index in [4.69, 9.17) is 5.11 Å². The fraction of sp³-hybridized carbons (Fsp3) is 0.316. The smallest absolute Gasteiger partial charge is 0.303 e. The van der Waals surface area contributed by atoms with E-state index in [2.05, 4.69) is 5.10 Å². The molecule has 1 N–H and O–H groups in total. The quantitative estimate of drug-likeness (QED) is 0.851. The van der Waals surface area contributed by atoms with Crippen LogP contribution in [0, 0.1) is 6.92 Å². The van der Waals surface area contributed by atoms with E-state index in [0.29, 0.717) is 12.8 Å². The molecular weight excluding hydrogens is 336 g/mol. The first kappa shape index (κ1) is 17.4. The third-order valence-electron chi connectivity index (χ3n) is 4.20. The summed E-state index contributed by atoms with van der Waals surface area (Å²) in [5, 5.41) is 16.9. The standard InChI is InChI=1S/C19H20N2O3S/c1-13-7-9-14(10-8-13)15-12-16(17-4-3-11-25-17)21(20-15)18(22)5-2-6-19(23)24/h3-4,7-11,16H,2,5-6,12H2,1H3,(H,23,24)/t16-/m0/s1. The van der Waals surface area contributed by atoms with Crippen LogP contribution >= 0.6 is 11.3 Å². The molecule has 1 aromatic carbocycles. The number of carboxylic acids is 1. The van der Waals surface area contributed by atoms with Gasteiger partial charge < -0.3 is 5.11 Å². The van der Waals surface area contributed by atoms with Gasteiger partial charge in [-0.2, -0.15) is 5.10 Å². The van der Waals surface area contributed by atoms with Crippen LogP contribution < -0.4 is 0 Å². The molecule has 1 aliphatic heterocycles. The van der Waals surface area contributed by atoms with Gasteiger partial charge in [-0.05, 0) is 30.4 Å². The first-order valence-corrected chi connectivity index (χ1v) is 9.14. The van der Waals surface area contributed by atoms with Crippen molar-refractivity contribution in [1.29, 1.82) is 0 Å². The lowest BCUT2D eigenvalue weighted by Gasteiger charge is -2.20. The van der Waals surface area contributed by atoms with Gasteiger partial charge in [0.25, 0.3) is 0 Å². The molecule has 0 saturated carbocycles. The van der Waals surface area contributed by atoms with Gasteiger partial charge >= 0.3 is 5.97 Å². The third kappa shape index (κ3) is 4.14. The molecular formula is C19H20N2O3S. The molecule has 3 rings (SSSR count). The molecule has 0 radical (unpaired) electrons. The molecule has 6 heteroatoms. The molecule has 0 bridgehead atoms. The minimum absolute atomic E-state index is 0.00220. The number of rotatable bonds is 6. The number of carboxylic acid groups (broad SMARTS) is 1. The van der Waals surface area contributed by atoms with E-state index in [-0.39, 0.29) is 24.8 Å². The number of nitrogens with zero attached hydrogens (tertiary/aromatic N) is 2. The van der Waals surface area contributed by atoms with Crippen molar-refractivity contribution in [3.63, 3.8) is 0 Å². The topological polar surface area (TPSA) is 70.0 Å². The highest BCUT2D eigenvalue weighted by Crippen LogP contribution is 2.35. The van der Waals surface area contributed by atoms with E-state index in [1.807, 2.05) is 48.7 Å². The lowest BCUT2D eigenvalue weighted by Crippen LogP contribution is -2.26. The zero-order valence-corrected chi connectivity index (χ0v) is 14.8. The van der Waals surface area contributed by atoms with E-state index in [9.17, 15) is 9.59 Å². The number of benzene rings is 1. The Morgan fingerprint density at radius 3 is 2.64 bits per heavy atom. The van der Waals surface area contributed by atoms with Crippen molar-refractivity contribution in [2.75, 3.05) is 0 Å². The van der Waals surface area contributed by atoms with Crippen molar-refractivity contribution >= 4 is 28.9 Å². The van der Waals surface area contributed by atoms with Gasteiger partial charge in [0.15, 0.2) is 0 Å². The first-order valence-electron chi connectivity index (χ1n) is 8.26. The molecule has 0 unspecified atom stereocenters. The molecule has 25 heavy (non-hydrogen) atoms. The van der Waals surface area contributed by atoms with Crippen LogP contribution in [0.1, 0.15) is 47.7 Å². The molecule has 0 spiro atoms. The number of aliphatic carboxylic acids is 1. The predicted octanol–water partition coefficient (Wildman–Crippen LogP) is 3.99. The predicted molar refractivity (Wildman–Crippen MR) is 97.7 cm³/mol. The van der Waals surface area contributed by atoms with Crippen LogP contribution in [0.2, 0.25) is 0 Å². The van der Waals surface area contributed by atoms with Crippen LogP contribution in [0.5, 0.6) is 0 Å². The molecule has 0 saturated heterocycles. The zero-order chi connectivity index (χ0) is 17.8. The van der Waals surface area contributed by atoms with E-state index >= 15 is 0 Å². The van der Waals surface area contributed by atoms with Gasteiger partial charge in [0.1, 0.15) is 0 Å². The Kier molecular flexibility index (Phi) is 5.28. The third-order valence-corrected chi connectivity index (χ3v) is 5.18. The summed E-state index contributed by atoms with van der Waals surface area (Å²) in [7, 11) is 0.